The van der Waals surface area contributed by atoms with Crippen LogP contribution in [0.1, 0.15) is 18.4 Å². The van der Waals surface area contributed by atoms with Crippen molar-refractivity contribution in [1.29, 1.82) is 0 Å². The van der Waals surface area contributed by atoms with Gasteiger partial charge in [0.15, 0.2) is 0 Å². The fourth-order valence-corrected chi connectivity index (χ4v) is 5.48. The van der Waals surface area contributed by atoms with Crippen LogP contribution < -0.4 is 16.8 Å². The quantitative estimate of drug-likeness (QED) is 0.493. The predicted molar refractivity (Wildman–Crippen MR) is 124 cm³/mol. The van der Waals surface area contributed by atoms with Crippen LogP contribution in [0.4, 0.5) is 11.8 Å². The molecule has 0 radical (unpaired) electrons. The summed E-state index contributed by atoms with van der Waals surface area (Å²) < 4.78 is 28.0. The van der Waals surface area contributed by atoms with Crippen molar-refractivity contribution in [2.75, 3.05) is 31.1 Å². The number of hydrogen-bond acceptors (Lipinski definition) is 8. The van der Waals surface area contributed by atoms with Crippen LogP contribution >= 0.6 is 0 Å². The largest absolute Gasteiger partial charge is 0.383 e. The summed E-state index contributed by atoms with van der Waals surface area (Å²) in [4.78, 5) is 12.3. The predicted octanol–water partition coefficient (Wildman–Crippen LogP) is 1.89. The Labute approximate surface area is 188 Å². The van der Waals surface area contributed by atoms with E-state index in [1.165, 1.54) is 6.20 Å². The lowest BCUT2D eigenvalue weighted by Gasteiger charge is -2.32. The van der Waals surface area contributed by atoms with E-state index in [0.29, 0.717) is 18.7 Å². The van der Waals surface area contributed by atoms with Crippen LogP contribution in [0.2, 0.25) is 0 Å². The van der Waals surface area contributed by atoms with Crippen molar-refractivity contribution < 1.29 is 8.42 Å². The molecule has 0 bridgehead atoms. The number of hydrogen-bond donors (Lipinski definition) is 3. The van der Waals surface area contributed by atoms with Gasteiger partial charge in [-0.25, -0.2) is 13.4 Å². The zero-order chi connectivity index (χ0) is 22.6. The van der Waals surface area contributed by atoms with E-state index < -0.39 is 10.0 Å². The standard InChI is InChI=1S/C22H27N7O2S/c23-21-20(14-27-22(24)28-21)18-5-7-19(8-6-18)32(30,31)29-10-2-4-17(15-29)13-26-12-16-3-1-9-25-11-16/h1,3,5-9,11,14,17,26H,2,4,10,12-13,15H2,(H4,23,24,27,28). The number of anilines is 2. The van der Waals surface area contributed by atoms with Crippen LogP contribution in [0.3, 0.4) is 0 Å². The highest BCUT2D eigenvalue weighted by atomic mass is 32.2. The highest BCUT2D eigenvalue weighted by molar-refractivity contribution is 7.89. The molecule has 1 aromatic carbocycles. The maximum Gasteiger partial charge on any atom is 0.243 e. The number of rotatable bonds is 7. The lowest BCUT2D eigenvalue weighted by atomic mass is 10.00. The summed E-state index contributed by atoms with van der Waals surface area (Å²) >= 11 is 0. The number of pyridine rings is 1. The third kappa shape index (κ3) is 5.04. The first-order chi connectivity index (χ1) is 15.4. The van der Waals surface area contributed by atoms with Crippen LogP contribution in [-0.2, 0) is 16.6 Å². The van der Waals surface area contributed by atoms with Crippen molar-refractivity contribution in [3.05, 3.63) is 60.6 Å². The molecule has 4 rings (SSSR count). The van der Waals surface area contributed by atoms with Crippen molar-refractivity contribution in [3.63, 3.8) is 0 Å². The fourth-order valence-electron chi connectivity index (χ4n) is 3.92. The Balaban J connectivity index is 1.41. The Kier molecular flexibility index (Phi) is 6.63. The highest BCUT2D eigenvalue weighted by Crippen LogP contribution is 2.28. The van der Waals surface area contributed by atoms with E-state index in [0.717, 1.165) is 37.1 Å². The third-order valence-corrected chi connectivity index (χ3v) is 7.49. The van der Waals surface area contributed by atoms with E-state index in [2.05, 4.69) is 20.3 Å². The Hall–Kier alpha value is -3.08. The number of nitrogens with one attached hydrogen (secondary N) is 1. The molecule has 1 saturated heterocycles. The molecule has 10 heteroatoms. The number of aromatic nitrogens is 3. The Morgan fingerprint density at radius 2 is 1.94 bits per heavy atom. The summed E-state index contributed by atoms with van der Waals surface area (Å²) in [5, 5.41) is 3.42. The number of benzene rings is 1. The van der Waals surface area contributed by atoms with E-state index in [1.807, 2.05) is 18.3 Å². The van der Waals surface area contributed by atoms with Crippen molar-refractivity contribution >= 4 is 21.8 Å². The molecule has 168 valence electrons. The average Bonchev–Trinajstić information content (AvgIpc) is 2.80. The number of nitrogens with two attached hydrogens (primary N) is 2. The van der Waals surface area contributed by atoms with Gasteiger partial charge in [-0.05, 0) is 54.6 Å². The van der Waals surface area contributed by atoms with Crippen LogP contribution in [0.15, 0.2) is 59.9 Å². The molecule has 1 unspecified atom stereocenters. The third-order valence-electron chi connectivity index (χ3n) is 5.61. The summed E-state index contributed by atoms with van der Waals surface area (Å²) in [7, 11) is -3.57. The zero-order valence-corrected chi connectivity index (χ0v) is 18.5. The fraction of sp³-hybridized carbons (Fsp3) is 0.318. The van der Waals surface area contributed by atoms with Gasteiger partial charge in [0.25, 0.3) is 0 Å². The molecule has 1 atom stereocenters. The van der Waals surface area contributed by atoms with Gasteiger partial charge in [0.2, 0.25) is 16.0 Å². The molecule has 0 spiro atoms. The van der Waals surface area contributed by atoms with Gasteiger partial charge in [0, 0.05) is 43.8 Å². The van der Waals surface area contributed by atoms with Gasteiger partial charge in [-0.15, -0.1) is 0 Å². The van der Waals surface area contributed by atoms with Gasteiger partial charge in [-0.3, -0.25) is 4.98 Å². The van der Waals surface area contributed by atoms with E-state index in [-0.39, 0.29) is 22.6 Å². The maximum absolute atomic E-state index is 13.2. The summed E-state index contributed by atoms with van der Waals surface area (Å²) in [6, 6.07) is 10.6. The molecule has 5 N–H and O–H groups in total. The molecule has 3 heterocycles. The van der Waals surface area contributed by atoms with Gasteiger partial charge in [-0.2, -0.15) is 9.29 Å². The maximum atomic E-state index is 13.2. The molecule has 9 nitrogen and oxygen atoms in total. The summed E-state index contributed by atoms with van der Waals surface area (Å²) in [6.07, 6.45) is 6.96. The molecule has 0 saturated carbocycles. The molecular formula is C22H27N7O2S. The first-order valence-electron chi connectivity index (χ1n) is 10.5. The monoisotopic (exact) mass is 453 g/mol. The highest BCUT2D eigenvalue weighted by Gasteiger charge is 2.30. The second-order valence-corrected chi connectivity index (χ2v) is 9.85. The average molecular weight is 454 g/mol. The minimum absolute atomic E-state index is 0.0972. The van der Waals surface area contributed by atoms with Crippen molar-refractivity contribution in [2.45, 2.75) is 24.3 Å². The van der Waals surface area contributed by atoms with Gasteiger partial charge in [0.05, 0.1) is 4.90 Å². The van der Waals surface area contributed by atoms with Crippen molar-refractivity contribution in [1.82, 2.24) is 24.6 Å². The molecule has 1 fully saturated rings. The normalized spacial score (nSPS) is 17.3. The van der Waals surface area contributed by atoms with Gasteiger partial charge < -0.3 is 16.8 Å². The first-order valence-corrected chi connectivity index (χ1v) is 12.0. The van der Waals surface area contributed by atoms with Crippen LogP contribution in [-0.4, -0.2) is 47.3 Å². The SMILES string of the molecule is Nc1ncc(-c2ccc(S(=O)(=O)N3CCCC(CNCc4cccnc4)C3)cc2)c(N)n1. The molecule has 1 aliphatic rings. The Morgan fingerprint density at radius 3 is 2.66 bits per heavy atom. The number of piperidine rings is 1. The molecule has 1 aliphatic heterocycles. The van der Waals surface area contributed by atoms with Gasteiger partial charge >= 0.3 is 0 Å². The van der Waals surface area contributed by atoms with E-state index in [4.69, 9.17) is 11.5 Å². The minimum atomic E-state index is -3.57. The van der Waals surface area contributed by atoms with Crippen LogP contribution in [0, 0.1) is 5.92 Å². The lowest BCUT2D eigenvalue weighted by molar-refractivity contribution is 0.260. The Bertz CT molecular complexity index is 1150. The van der Waals surface area contributed by atoms with Crippen LogP contribution in [0.25, 0.3) is 11.1 Å². The van der Waals surface area contributed by atoms with Crippen molar-refractivity contribution in [2.24, 2.45) is 5.92 Å². The number of nitrogens with zero attached hydrogens (tertiary/aromatic N) is 4. The number of sulfonamides is 1. The van der Waals surface area contributed by atoms with E-state index in [9.17, 15) is 8.42 Å². The van der Waals surface area contributed by atoms with Crippen LogP contribution in [0.5, 0.6) is 0 Å². The molecule has 3 aromatic rings. The summed E-state index contributed by atoms with van der Waals surface area (Å²) in [6.45, 7) is 2.51. The molecular weight excluding hydrogens is 426 g/mol. The Morgan fingerprint density at radius 1 is 1.12 bits per heavy atom. The van der Waals surface area contributed by atoms with E-state index in [1.54, 1.807) is 34.8 Å². The topological polar surface area (TPSA) is 140 Å². The summed E-state index contributed by atoms with van der Waals surface area (Å²) in [5.74, 6) is 0.618. The lowest BCUT2D eigenvalue weighted by Crippen LogP contribution is -2.42. The molecule has 32 heavy (non-hydrogen) atoms. The molecule has 0 amide bonds. The second-order valence-electron chi connectivity index (χ2n) is 7.91. The minimum Gasteiger partial charge on any atom is -0.383 e. The second kappa shape index (κ2) is 9.60. The zero-order valence-electron chi connectivity index (χ0n) is 17.7. The van der Waals surface area contributed by atoms with Crippen molar-refractivity contribution in [3.8, 4) is 11.1 Å². The first kappa shape index (κ1) is 22.1. The molecule has 2 aromatic heterocycles. The molecule has 0 aliphatic carbocycles. The summed E-state index contributed by atoms with van der Waals surface area (Å²) in [5.41, 5.74) is 13.9. The van der Waals surface area contributed by atoms with Gasteiger partial charge in [-0.1, -0.05) is 18.2 Å². The smallest absolute Gasteiger partial charge is 0.243 e. The van der Waals surface area contributed by atoms with E-state index >= 15 is 0 Å². The number of nitrogen functional groups attached to an aromatic ring is 2. The van der Waals surface area contributed by atoms with Gasteiger partial charge in [0.1, 0.15) is 5.82 Å².